The van der Waals surface area contributed by atoms with E-state index in [2.05, 4.69) is 0 Å². The van der Waals surface area contributed by atoms with Gasteiger partial charge in [-0.2, -0.15) is 8.42 Å². The first kappa shape index (κ1) is 13.9. The third-order valence-corrected chi connectivity index (χ3v) is 2.04. The molecular formula is C8H11NaO4S. The number of hydrogen-bond donors (Lipinski definition) is 1. The first-order valence-corrected chi connectivity index (χ1v) is 5.32. The van der Waals surface area contributed by atoms with Crippen molar-refractivity contribution in [3.63, 3.8) is 0 Å². The fraction of sp³-hybridized carbons (Fsp3) is 0.250. The van der Waals surface area contributed by atoms with Gasteiger partial charge in [0, 0.05) is 0 Å². The molecule has 74 valence electrons. The van der Waals surface area contributed by atoms with Crippen LogP contribution in [0.15, 0.2) is 30.3 Å². The fourth-order valence-electron chi connectivity index (χ4n) is 0.782. The van der Waals surface area contributed by atoms with Gasteiger partial charge in [0.25, 0.3) is 10.1 Å². The van der Waals surface area contributed by atoms with E-state index in [0.29, 0.717) is 5.75 Å². The Kier molecular flexibility index (Phi) is 6.39. The number of para-hydroxylation sites is 1. The zero-order valence-electron chi connectivity index (χ0n) is 6.88. The molecule has 0 bridgehead atoms. The normalized spacial score (nSPS) is 10.4. The van der Waals surface area contributed by atoms with Gasteiger partial charge in [-0.3, -0.25) is 4.55 Å². The predicted molar refractivity (Wildman–Crippen MR) is 55.5 cm³/mol. The molecule has 0 aromatic heterocycles. The number of hydrogen-bond acceptors (Lipinski definition) is 3. The third kappa shape index (κ3) is 6.39. The molecule has 0 radical (unpaired) electrons. The van der Waals surface area contributed by atoms with Crippen LogP contribution in [0.2, 0.25) is 0 Å². The van der Waals surface area contributed by atoms with Crippen LogP contribution in [0.5, 0.6) is 5.75 Å². The van der Waals surface area contributed by atoms with Crippen molar-refractivity contribution < 1.29 is 17.7 Å². The zero-order chi connectivity index (χ0) is 9.73. The van der Waals surface area contributed by atoms with E-state index in [1.165, 1.54) is 0 Å². The Bertz CT molecular complexity index is 349. The van der Waals surface area contributed by atoms with E-state index in [1.807, 2.05) is 6.07 Å². The van der Waals surface area contributed by atoms with Crippen LogP contribution in [-0.4, -0.2) is 54.9 Å². The molecule has 0 atom stereocenters. The zero-order valence-corrected chi connectivity index (χ0v) is 7.70. The third-order valence-electron chi connectivity index (χ3n) is 1.35. The molecule has 4 nitrogen and oxygen atoms in total. The molecule has 0 unspecified atom stereocenters. The first-order chi connectivity index (χ1) is 6.08. The Morgan fingerprint density at radius 2 is 1.79 bits per heavy atom. The van der Waals surface area contributed by atoms with Gasteiger partial charge in [-0.1, -0.05) is 18.2 Å². The van der Waals surface area contributed by atoms with Crippen molar-refractivity contribution in [3.05, 3.63) is 30.3 Å². The second-order valence-electron chi connectivity index (χ2n) is 2.45. The molecule has 1 rings (SSSR count). The van der Waals surface area contributed by atoms with Gasteiger partial charge in [0.05, 0.1) is 0 Å². The molecule has 1 aromatic carbocycles. The van der Waals surface area contributed by atoms with Crippen LogP contribution in [0.4, 0.5) is 0 Å². The number of ether oxygens (including phenoxy) is 1. The van der Waals surface area contributed by atoms with Crippen LogP contribution in [0, 0.1) is 0 Å². The summed E-state index contributed by atoms with van der Waals surface area (Å²) in [5, 5.41) is 0. The Morgan fingerprint density at radius 1 is 1.21 bits per heavy atom. The van der Waals surface area contributed by atoms with Crippen molar-refractivity contribution in [2.24, 2.45) is 0 Å². The minimum absolute atomic E-state index is 0. The molecule has 0 heterocycles. The van der Waals surface area contributed by atoms with Gasteiger partial charge < -0.3 is 4.74 Å². The van der Waals surface area contributed by atoms with Crippen LogP contribution in [0.1, 0.15) is 0 Å². The van der Waals surface area contributed by atoms with Crippen molar-refractivity contribution in [1.29, 1.82) is 0 Å². The van der Waals surface area contributed by atoms with E-state index in [0.717, 1.165) is 0 Å². The van der Waals surface area contributed by atoms with Crippen LogP contribution >= 0.6 is 0 Å². The number of rotatable bonds is 4. The molecule has 0 aliphatic rings. The Morgan fingerprint density at radius 3 is 2.29 bits per heavy atom. The number of benzene rings is 1. The molecule has 0 amide bonds. The van der Waals surface area contributed by atoms with Crippen LogP contribution < -0.4 is 4.74 Å². The van der Waals surface area contributed by atoms with E-state index in [9.17, 15) is 8.42 Å². The van der Waals surface area contributed by atoms with Crippen molar-refractivity contribution in [2.75, 3.05) is 12.4 Å². The fourth-order valence-corrected chi connectivity index (χ4v) is 1.08. The maximum atomic E-state index is 10.3. The quantitative estimate of drug-likeness (QED) is 0.592. The molecule has 1 N–H and O–H groups in total. The summed E-state index contributed by atoms with van der Waals surface area (Å²) in [4.78, 5) is 0. The predicted octanol–water partition coefficient (Wildman–Crippen LogP) is 0.305. The van der Waals surface area contributed by atoms with Gasteiger partial charge in [0.15, 0.2) is 0 Å². The van der Waals surface area contributed by atoms with Crippen LogP contribution in [-0.2, 0) is 10.1 Å². The molecule has 0 saturated heterocycles. The summed E-state index contributed by atoms with van der Waals surface area (Å²) < 4.78 is 34.0. The average Bonchev–Trinajstić information content (AvgIpc) is 2.04. The molecule has 0 aliphatic carbocycles. The van der Waals surface area contributed by atoms with Crippen molar-refractivity contribution in [1.82, 2.24) is 0 Å². The Hall–Kier alpha value is -0.0700. The standard InChI is InChI=1S/C8H10O4S.Na.H/c9-13(10,11)7-6-12-8-4-2-1-3-5-8;;/h1-5H,6-7H2,(H,9,10,11);;. The maximum absolute atomic E-state index is 10.3. The van der Waals surface area contributed by atoms with E-state index >= 15 is 0 Å². The summed E-state index contributed by atoms with van der Waals surface area (Å²) in [5.41, 5.74) is 0. The summed E-state index contributed by atoms with van der Waals surface area (Å²) in [6, 6.07) is 8.81. The summed E-state index contributed by atoms with van der Waals surface area (Å²) in [6.45, 7) is -0.0388. The monoisotopic (exact) mass is 226 g/mol. The molecule has 0 fully saturated rings. The van der Waals surface area contributed by atoms with Crippen LogP contribution in [0.3, 0.4) is 0 Å². The summed E-state index contributed by atoms with van der Waals surface area (Å²) in [7, 11) is -3.92. The van der Waals surface area contributed by atoms with Crippen LogP contribution in [0.25, 0.3) is 0 Å². The molecule has 14 heavy (non-hydrogen) atoms. The van der Waals surface area contributed by atoms with Crippen molar-refractivity contribution >= 4 is 39.7 Å². The summed E-state index contributed by atoms with van der Waals surface area (Å²) >= 11 is 0. The van der Waals surface area contributed by atoms with Gasteiger partial charge in [0.1, 0.15) is 18.1 Å². The van der Waals surface area contributed by atoms with Gasteiger partial charge in [-0.05, 0) is 12.1 Å². The van der Waals surface area contributed by atoms with E-state index in [1.54, 1.807) is 24.3 Å². The summed E-state index contributed by atoms with van der Waals surface area (Å²) in [6.07, 6.45) is 0. The molecular weight excluding hydrogens is 215 g/mol. The molecule has 0 aliphatic heterocycles. The molecule has 6 heteroatoms. The Labute approximate surface area is 105 Å². The van der Waals surface area contributed by atoms with E-state index in [4.69, 9.17) is 9.29 Å². The van der Waals surface area contributed by atoms with Gasteiger partial charge >= 0.3 is 29.6 Å². The topological polar surface area (TPSA) is 63.6 Å². The van der Waals surface area contributed by atoms with Gasteiger partial charge in [0.2, 0.25) is 0 Å². The van der Waals surface area contributed by atoms with E-state index < -0.39 is 10.1 Å². The Balaban J connectivity index is 0.00000169. The summed E-state index contributed by atoms with van der Waals surface area (Å²) in [5.74, 6) is 0.202. The van der Waals surface area contributed by atoms with Gasteiger partial charge in [-0.15, -0.1) is 0 Å². The van der Waals surface area contributed by atoms with Gasteiger partial charge in [-0.25, -0.2) is 0 Å². The second-order valence-corrected chi connectivity index (χ2v) is 4.02. The first-order valence-electron chi connectivity index (χ1n) is 3.71. The minimum atomic E-state index is -3.92. The SMILES string of the molecule is O=S(=O)(O)CCOc1ccccc1.[NaH]. The molecule has 0 saturated carbocycles. The second kappa shape index (κ2) is 6.42. The average molecular weight is 226 g/mol. The van der Waals surface area contributed by atoms with Crippen molar-refractivity contribution in [3.8, 4) is 5.75 Å². The molecule has 0 spiro atoms. The molecule has 1 aromatic rings. The van der Waals surface area contributed by atoms with E-state index in [-0.39, 0.29) is 41.9 Å². The van der Waals surface area contributed by atoms with Crippen molar-refractivity contribution in [2.45, 2.75) is 0 Å².